The summed E-state index contributed by atoms with van der Waals surface area (Å²) >= 11 is 6.01. The Bertz CT molecular complexity index is 661. The van der Waals surface area contributed by atoms with Gasteiger partial charge < -0.3 is 15.1 Å². The highest BCUT2D eigenvalue weighted by molar-refractivity contribution is 6.30. The Morgan fingerprint density at radius 2 is 1.65 bits per heavy atom. The van der Waals surface area contributed by atoms with Gasteiger partial charge in [-0.1, -0.05) is 57.3 Å². The van der Waals surface area contributed by atoms with E-state index < -0.39 is 0 Å². The Morgan fingerprint density at radius 3 is 2.12 bits per heavy atom. The second-order valence-corrected chi connectivity index (χ2v) is 6.38. The van der Waals surface area contributed by atoms with Crippen LogP contribution in [-0.4, -0.2) is 36.3 Å². The zero-order valence-electron chi connectivity index (χ0n) is 16.5. The van der Waals surface area contributed by atoms with E-state index in [1.807, 2.05) is 31.3 Å². The highest BCUT2D eigenvalue weighted by Gasteiger charge is 2.20. The summed E-state index contributed by atoms with van der Waals surface area (Å²) in [5.74, 6) is 1.76. The molecule has 0 saturated heterocycles. The number of hydrogen-bond donors (Lipinski definition) is 1. The number of nitrogens with zero attached hydrogens (tertiary/aromatic N) is 3. The number of benzene rings is 1. The van der Waals surface area contributed by atoms with Gasteiger partial charge in [-0.2, -0.15) is 0 Å². The van der Waals surface area contributed by atoms with Crippen LogP contribution in [0.1, 0.15) is 32.3 Å². The zero-order chi connectivity index (χ0) is 19.7. The first-order chi connectivity index (χ1) is 12.4. The lowest BCUT2D eigenvalue weighted by molar-refractivity contribution is 0.380. The maximum absolute atomic E-state index is 6.01. The lowest BCUT2D eigenvalue weighted by Gasteiger charge is -2.35. The van der Waals surface area contributed by atoms with Gasteiger partial charge >= 0.3 is 0 Å². The molecule has 1 rings (SSSR count). The normalized spacial score (nSPS) is 11.0. The summed E-state index contributed by atoms with van der Waals surface area (Å²) in [6.45, 7) is 18.4. The fraction of sp³-hybridized carbons (Fsp3) is 0.381. The minimum absolute atomic E-state index is 0.654. The molecule has 0 saturated carbocycles. The number of halogens is 1. The van der Waals surface area contributed by atoms with Gasteiger partial charge in [-0.3, -0.25) is 4.99 Å². The lowest BCUT2D eigenvalue weighted by atomic mass is 10.1. The van der Waals surface area contributed by atoms with Gasteiger partial charge in [-0.05, 0) is 24.1 Å². The summed E-state index contributed by atoms with van der Waals surface area (Å²) in [5.41, 5.74) is 2.76. The van der Waals surface area contributed by atoms with Crippen molar-refractivity contribution in [3.05, 3.63) is 71.8 Å². The van der Waals surface area contributed by atoms with Gasteiger partial charge in [0, 0.05) is 38.6 Å². The highest BCUT2D eigenvalue weighted by atomic mass is 35.5. The van der Waals surface area contributed by atoms with Crippen LogP contribution in [0.3, 0.4) is 0 Å². The minimum Gasteiger partial charge on any atom is -0.375 e. The van der Waals surface area contributed by atoms with Crippen LogP contribution >= 0.6 is 11.6 Å². The van der Waals surface area contributed by atoms with Crippen LogP contribution in [0.5, 0.6) is 0 Å². The van der Waals surface area contributed by atoms with Crippen LogP contribution in [0.4, 0.5) is 0 Å². The molecular weight excluding hydrogens is 344 g/mol. The van der Waals surface area contributed by atoms with Crippen LogP contribution in [0.15, 0.2) is 66.2 Å². The van der Waals surface area contributed by atoms with Crippen LogP contribution in [0.25, 0.3) is 0 Å². The predicted octanol–water partition coefficient (Wildman–Crippen LogP) is 5.01. The van der Waals surface area contributed by atoms with Crippen LogP contribution in [0, 0.1) is 0 Å². The van der Waals surface area contributed by atoms with Crippen molar-refractivity contribution in [1.82, 2.24) is 15.1 Å². The molecule has 142 valence electrons. The molecule has 0 atom stereocenters. The summed E-state index contributed by atoms with van der Waals surface area (Å²) in [6.07, 6.45) is 1.78. The Balaban J connectivity index is 3.15. The number of hydrogen-bond acceptors (Lipinski definition) is 3. The molecule has 1 N–H and O–H groups in total. The number of rotatable bonds is 10. The van der Waals surface area contributed by atoms with E-state index in [9.17, 15) is 0 Å². The molecule has 0 fully saturated rings. The SMILES string of the molecule is C=C(NC)N(CCC)C(=C)C(=C)N(Cc1ccc(Cl)cc1)C(CC)=NC. The fourth-order valence-corrected chi connectivity index (χ4v) is 2.81. The lowest BCUT2D eigenvalue weighted by Crippen LogP contribution is -2.36. The fourth-order valence-electron chi connectivity index (χ4n) is 2.69. The van der Waals surface area contributed by atoms with Crippen molar-refractivity contribution in [2.24, 2.45) is 4.99 Å². The molecule has 0 aliphatic carbocycles. The average Bonchev–Trinajstić information content (AvgIpc) is 2.66. The van der Waals surface area contributed by atoms with Crippen LogP contribution in [0.2, 0.25) is 5.02 Å². The smallest absolute Gasteiger partial charge is 0.103 e. The van der Waals surface area contributed by atoms with Gasteiger partial charge in [0.15, 0.2) is 0 Å². The summed E-state index contributed by atoms with van der Waals surface area (Å²) < 4.78 is 0. The molecule has 0 aromatic heterocycles. The topological polar surface area (TPSA) is 30.9 Å². The van der Waals surface area contributed by atoms with Crippen molar-refractivity contribution >= 4 is 17.4 Å². The number of nitrogens with one attached hydrogen (secondary N) is 1. The van der Waals surface area contributed by atoms with Gasteiger partial charge in [0.05, 0.1) is 17.2 Å². The van der Waals surface area contributed by atoms with Gasteiger partial charge in [-0.25, -0.2) is 0 Å². The van der Waals surface area contributed by atoms with E-state index in [0.29, 0.717) is 6.54 Å². The van der Waals surface area contributed by atoms with Crippen molar-refractivity contribution in [3.63, 3.8) is 0 Å². The second-order valence-electron chi connectivity index (χ2n) is 5.95. The number of amidine groups is 1. The molecule has 1 aromatic rings. The van der Waals surface area contributed by atoms with Gasteiger partial charge in [0.25, 0.3) is 0 Å². The highest BCUT2D eigenvalue weighted by Crippen LogP contribution is 2.23. The van der Waals surface area contributed by atoms with Crippen molar-refractivity contribution in [1.29, 1.82) is 0 Å². The van der Waals surface area contributed by atoms with Crippen molar-refractivity contribution in [3.8, 4) is 0 Å². The van der Waals surface area contributed by atoms with Crippen LogP contribution in [-0.2, 0) is 6.54 Å². The average molecular weight is 375 g/mol. The molecule has 0 aliphatic heterocycles. The van der Waals surface area contributed by atoms with E-state index in [-0.39, 0.29) is 0 Å². The third-order valence-corrected chi connectivity index (χ3v) is 4.44. The summed E-state index contributed by atoms with van der Waals surface area (Å²) in [7, 11) is 3.66. The quantitative estimate of drug-likeness (QED) is 0.355. The first-order valence-electron chi connectivity index (χ1n) is 8.89. The molecule has 0 spiro atoms. The molecule has 0 bridgehead atoms. The Hall–Kier alpha value is -2.20. The van der Waals surface area contributed by atoms with Crippen molar-refractivity contribution in [2.75, 3.05) is 20.6 Å². The molecule has 0 heterocycles. The molecule has 1 aromatic carbocycles. The maximum atomic E-state index is 6.01. The molecule has 26 heavy (non-hydrogen) atoms. The molecule has 0 radical (unpaired) electrons. The van der Waals surface area contributed by atoms with E-state index >= 15 is 0 Å². The summed E-state index contributed by atoms with van der Waals surface area (Å²) in [5, 5.41) is 3.83. The number of aliphatic imine (C=N–C) groups is 1. The predicted molar refractivity (Wildman–Crippen MR) is 114 cm³/mol. The monoisotopic (exact) mass is 374 g/mol. The third-order valence-electron chi connectivity index (χ3n) is 4.19. The van der Waals surface area contributed by atoms with E-state index in [2.05, 4.69) is 53.7 Å². The largest absolute Gasteiger partial charge is 0.375 e. The van der Waals surface area contributed by atoms with E-state index in [0.717, 1.165) is 53.0 Å². The molecule has 0 unspecified atom stereocenters. The Morgan fingerprint density at radius 1 is 1.08 bits per heavy atom. The zero-order valence-corrected chi connectivity index (χ0v) is 17.2. The van der Waals surface area contributed by atoms with E-state index in [4.69, 9.17) is 11.6 Å². The van der Waals surface area contributed by atoms with Gasteiger partial charge in [-0.15, -0.1) is 0 Å². The van der Waals surface area contributed by atoms with E-state index in [1.165, 1.54) is 0 Å². The first kappa shape index (κ1) is 21.8. The maximum Gasteiger partial charge on any atom is 0.103 e. The summed E-state index contributed by atoms with van der Waals surface area (Å²) in [4.78, 5) is 8.62. The van der Waals surface area contributed by atoms with Crippen molar-refractivity contribution in [2.45, 2.75) is 33.2 Å². The Kier molecular flexibility index (Phi) is 9.00. The molecule has 0 aliphatic rings. The standard InChI is InChI=1S/C21H31ClN4/c1-8-14-25(18(5)23-6)16(3)17(4)26(21(9-2)24-7)15-19-10-12-20(22)13-11-19/h10-13,23H,3-5,8-9,14-15H2,1-2,6-7H3. The molecule has 0 amide bonds. The second kappa shape index (κ2) is 10.7. The molecular formula is C21H31ClN4. The molecule has 4 nitrogen and oxygen atoms in total. The molecule has 5 heteroatoms. The summed E-state index contributed by atoms with van der Waals surface area (Å²) in [6, 6.07) is 7.83. The Labute approximate surface area is 163 Å². The minimum atomic E-state index is 0.654. The van der Waals surface area contributed by atoms with Crippen molar-refractivity contribution < 1.29 is 0 Å². The first-order valence-corrected chi connectivity index (χ1v) is 9.27. The van der Waals surface area contributed by atoms with Crippen LogP contribution < -0.4 is 5.32 Å². The third kappa shape index (κ3) is 5.67. The van der Waals surface area contributed by atoms with Gasteiger partial charge in [0.1, 0.15) is 5.84 Å². The van der Waals surface area contributed by atoms with Gasteiger partial charge in [0.2, 0.25) is 0 Å². The van der Waals surface area contributed by atoms with E-state index in [1.54, 1.807) is 7.05 Å².